The molecule has 0 amide bonds. The van der Waals surface area contributed by atoms with Crippen molar-refractivity contribution in [3.05, 3.63) is 35.4 Å². The second kappa shape index (κ2) is 2.75. The van der Waals surface area contributed by atoms with Crippen molar-refractivity contribution in [2.45, 2.75) is 37.4 Å². The molecular weight excluding hydrogens is 200 g/mol. The Labute approximate surface area is 94.6 Å². The average Bonchev–Trinajstić information content (AvgIpc) is 2.74. The maximum absolute atomic E-state index is 11.7. The third kappa shape index (κ3) is 0.897. The molecule has 2 unspecified atom stereocenters. The van der Waals surface area contributed by atoms with Crippen molar-refractivity contribution in [3.8, 4) is 0 Å². The zero-order valence-corrected chi connectivity index (χ0v) is 9.11. The number of carbonyl (C=O) groups excluding carboxylic acids is 1. The van der Waals surface area contributed by atoms with E-state index in [1.807, 2.05) is 0 Å². The maximum Gasteiger partial charge on any atom is 0.161 e. The van der Waals surface area contributed by atoms with Crippen molar-refractivity contribution in [1.82, 2.24) is 0 Å². The molecule has 2 heterocycles. The highest BCUT2D eigenvalue weighted by molar-refractivity contribution is 5.85. The van der Waals surface area contributed by atoms with Crippen LogP contribution in [0.4, 0.5) is 0 Å². The largest absolute Gasteiger partial charge is 0.359 e. The van der Waals surface area contributed by atoms with Gasteiger partial charge in [0.05, 0.1) is 5.60 Å². The van der Waals surface area contributed by atoms with Crippen molar-refractivity contribution in [3.63, 3.8) is 0 Å². The predicted molar refractivity (Wildman–Crippen MR) is 59.0 cm³/mol. The SMILES string of the molecule is O=C1CCC23OC1C[C@@H]2Cc1ccccc13. The molecule has 16 heavy (non-hydrogen) atoms. The van der Waals surface area contributed by atoms with E-state index < -0.39 is 0 Å². The van der Waals surface area contributed by atoms with Gasteiger partial charge in [-0.05, 0) is 36.3 Å². The molecule has 1 spiro atoms. The van der Waals surface area contributed by atoms with Crippen LogP contribution in [0.2, 0.25) is 0 Å². The fraction of sp³-hybridized carbons (Fsp3) is 0.500. The van der Waals surface area contributed by atoms with Crippen molar-refractivity contribution < 1.29 is 9.53 Å². The summed E-state index contributed by atoms with van der Waals surface area (Å²) < 4.78 is 6.10. The van der Waals surface area contributed by atoms with Crippen LogP contribution in [-0.2, 0) is 21.6 Å². The van der Waals surface area contributed by atoms with Gasteiger partial charge in [-0.2, -0.15) is 0 Å². The third-order valence-electron chi connectivity index (χ3n) is 4.55. The molecule has 2 aliphatic heterocycles. The predicted octanol–water partition coefficient (Wildman–Crippen LogP) is 2.21. The monoisotopic (exact) mass is 214 g/mol. The van der Waals surface area contributed by atoms with E-state index >= 15 is 0 Å². The van der Waals surface area contributed by atoms with E-state index in [1.165, 1.54) is 11.1 Å². The minimum absolute atomic E-state index is 0.102. The van der Waals surface area contributed by atoms with Crippen LogP contribution < -0.4 is 0 Å². The topological polar surface area (TPSA) is 26.3 Å². The third-order valence-corrected chi connectivity index (χ3v) is 4.55. The van der Waals surface area contributed by atoms with Crippen LogP contribution in [-0.4, -0.2) is 11.9 Å². The number of ketones is 1. The molecule has 1 aromatic carbocycles. The summed E-state index contributed by atoms with van der Waals surface area (Å²) in [7, 11) is 0. The van der Waals surface area contributed by atoms with Gasteiger partial charge in [0.25, 0.3) is 0 Å². The van der Waals surface area contributed by atoms with Crippen LogP contribution in [0.5, 0.6) is 0 Å². The first kappa shape index (κ1) is 8.94. The van der Waals surface area contributed by atoms with E-state index in [1.54, 1.807) is 0 Å². The Morgan fingerprint density at radius 2 is 2.19 bits per heavy atom. The summed E-state index contributed by atoms with van der Waals surface area (Å²) in [5.41, 5.74) is 2.69. The first-order valence-electron chi connectivity index (χ1n) is 6.08. The molecule has 0 N–H and O–H groups in total. The minimum atomic E-state index is -0.105. The molecule has 1 aliphatic carbocycles. The first-order chi connectivity index (χ1) is 7.79. The highest BCUT2D eigenvalue weighted by Crippen LogP contribution is 2.56. The Morgan fingerprint density at radius 3 is 3.12 bits per heavy atom. The van der Waals surface area contributed by atoms with E-state index in [9.17, 15) is 4.79 Å². The van der Waals surface area contributed by atoms with Gasteiger partial charge in [-0.15, -0.1) is 0 Å². The molecule has 1 aromatic rings. The summed E-state index contributed by atoms with van der Waals surface area (Å²) in [5, 5.41) is 0. The number of benzene rings is 1. The number of ether oxygens (including phenoxy) is 1. The molecule has 3 aliphatic rings. The summed E-state index contributed by atoms with van der Waals surface area (Å²) in [6.45, 7) is 0. The van der Waals surface area contributed by atoms with Crippen LogP contribution in [0.3, 0.4) is 0 Å². The van der Waals surface area contributed by atoms with Gasteiger partial charge in [0, 0.05) is 6.42 Å². The molecule has 0 radical (unpaired) electrons. The van der Waals surface area contributed by atoms with Crippen LogP contribution in [0.15, 0.2) is 24.3 Å². The average molecular weight is 214 g/mol. The molecule has 0 aromatic heterocycles. The highest BCUT2D eigenvalue weighted by atomic mass is 16.5. The van der Waals surface area contributed by atoms with Crippen LogP contribution >= 0.6 is 0 Å². The summed E-state index contributed by atoms with van der Waals surface area (Å²) >= 11 is 0. The molecule has 2 bridgehead atoms. The number of fused-ring (bicyclic) bond motifs is 2. The Hall–Kier alpha value is -1.15. The molecule has 0 saturated carbocycles. The minimum Gasteiger partial charge on any atom is -0.359 e. The molecule has 4 rings (SSSR count). The summed E-state index contributed by atoms with van der Waals surface area (Å²) in [4.78, 5) is 11.7. The molecule has 3 atom stereocenters. The number of carbonyl (C=O) groups is 1. The molecule has 2 nitrogen and oxygen atoms in total. The van der Waals surface area contributed by atoms with E-state index in [4.69, 9.17) is 4.74 Å². The van der Waals surface area contributed by atoms with Gasteiger partial charge in [-0.25, -0.2) is 0 Å². The molecule has 2 heteroatoms. The smallest absolute Gasteiger partial charge is 0.161 e. The zero-order chi connectivity index (χ0) is 10.8. The Morgan fingerprint density at radius 1 is 1.31 bits per heavy atom. The van der Waals surface area contributed by atoms with Gasteiger partial charge in [-0.1, -0.05) is 24.3 Å². The van der Waals surface area contributed by atoms with Crippen LogP contribution in [0, 0.1) is 5.92 Å². The summed E-state index contributed by atoms with van der Waals surface area (Å²) in [6.07, 6.45) is 3.53. The standard InChI is InChI=1S/C14H14O2/c15-12-5-6-14-10(8-13(12)16-14)7-9-3-1-2-4-11(9)14/h1-4,10,13H,5-8H2/t10-,13?,14?/m0/s1. The lowest BCUT2D eigenvalue weighted by Crippen LogP contribution is -2.36. The van der Waals surface area contributed by atoms with E-state index in [2.05, 4.69) is 24.3 Å². The first-order valence-corrected chi connectivity index (χ1v) is 6.08. The number of hydrogen-bond acceptors (Lipinski definition) is 2. The van der Waals surface area contributed by atoms with Crippen LogP contribution in [0.1, 0.15) is 30.4 Å². The second-order valence-corrected chi connectivity index (χ2v) is 5.26. The van der Waals surface area contributed by atoms with E-state index in [-0.39, 0.29) is 11.7 Å². The fourth-order valence-electron chi connectivity index (χ4n) is 3.82. The number of hydrogen-bond donors (Lipinski definition) is 0. The Kier molecular flexibility index (Phi) is 1.54. The molecule has 2 saturated heterocycles. The molecule has 82 valence electrons. The lowest BCUT2D eigenvalue weighted by molar-refractivity contribution is -0.148. The highest BCUT2D eigenvalue weighted by Gasteiger charge is 2.58. The molecular formula is C14H14O2. The van der Waals surface area contributed by atoms with Crippen molar-refractivity contribution >= 4 is 5.78 Å². The van der Waals surface area contributed by atoms with Gasteiger partial charge in [0.1, 0.15) is 6.10 Å². The number of Topliss-reactive ketones (excluding diaryl/α,β-unsaturated/α-hetero) is 1. The van der Waals surface area contributed by atoms with Crippen molar-refractivity contribution in [2.75, 3.05) is 0 Å². The summed E-state index contributed by atoms with van der Waals surface area (Å²) in [6, 6.07) is 8.58. The van der Waals surface area contributed by atoms with E-state index in [0.29, 0.717) is 18.1 Å². The van der Waals surface area contributed by atoms with E-state index in [0.717, 1.165) is 19.3 Å². The maximum atomic E-state index is 11.7. The zero-order valence-electron chi connectivity index (χ0n) is 9.11. The van der Waals surface area contributed by atoms with Crippen molar-refractivity contribution in [2.24, 2.45) is 5.92 Å². The van der Waals surface area contributed by atoms with Gasteiger partial charge in [-0.3, -0.25) is 4.79 Å². The van der Waals surface area contributed by atoms with Crippen molar-refractivity contribution in [1.29, 1.82) is 0 Å². The quantitative estimate of drug-likeness (QED) is 0.662. The number of rotatable bonds is 0. The Balaban J connectivity index is 1.88. The fourth-order valence-corrected chi connectivity index (χ4v) is 3.82. The van der Waals surface area contributed by atoms with Gasteiger partial charge >= 0.3 is 0 Å². The van der Waals surface area contributed by atoms with Gasteiger partial charge < -0.3 is 4.74 Å². The van der Waals surface area contributed by atoms with Gasteiger partial charge in [0.15, 0.2) is 5.78 Å². The lowest BCUT2D eigenvalue weighted by Gasteiger charge is -2.33. The lowest BCUT2D eigenvalue weighted by atomic mass is 9.84. The molecule has 2 fully saturated rings. The van der Waals surface area contributed by atoms with Crippen LogP contribution in [0.25, 0.3) is 0 Å². The summed E-state index contributed by atoms with van der Waals surface area (Å²) in [5.74, 6) is 0.860. The Bertz CT molecular complexity index is 479. The van der Waals surface area contributed by atoms with Gasteiger partial charge in [0.2, 0.25) is 0 Å². The normalized spacial score (nSPS) is 39.6. The second-order valence-electron chi connectivity index (χ2n) is 5.26.